The van der Waals surface area contributed by atoms with Crippen molar-refractivity contribution in [2.45, 2.75) is 13.1 Å². The molecule has 3 heterocycles. The second kappa shape index (κ2) is 3.70. The van der Waals surface area contributed by atoms with Crippen LogP contribution in [0, 0.1) is 0 Å². The fraction of sp³-hybridized carbons (Fsp3) is 0.111. The highest BCUT2D eigenvalue weighted by molar-refractivity contribution is 5.96. The van der Waals surface area contributed by atoms with E-state index >= 15 is 0 Å². The van der Waals surface area contributed by atoms with Crippen molar-refractivity contribution >= 4 is 21.8 Å². The van der Waals surface area contributed by atoms with E-state index in [-0.39, 0.29) is 6.17 Å². The van der Waals surface area contributed by atoms with Gasteiger partial charge in [0.2, 0.25) is 12.0 Å². The maximum atomic E-state index is 4.88. The monoisotopic (exact) mass is 272 g/mol. The zero-order chi connectivity index (χ0) is 14.0. The van der Waals surface area contributed by atoms with Crippen LogP contribution in [-0.4, -0.2) is 9.55 Å². The lowest BCUT2D eigenvalue weighted by Gasteiger charge is -2.05. The molecule has 3 heteroatoms. The number of fused-ring (bicyclic) bond motifs is 6. The van der Waals surface area contributed by atoms with Gasteiger partial charge in [0.25, 0.3) is 5.69 Å². The lowest BCUT2D eigenvalue weighted by atomic mass is 10.1. The van der Waals surface area contributed by atoms with E-state index in [4.69, 9.17) is 4.98 Å². The fourth-order valence-electron chi connectivity index (χ4n) is 3.44. The minimum Gasteiger partial charge on any atom is -0.259 e. The maximum Gasteiger partial charge on any atom is 0.250 e. The molecule has 0 saturated carbocycles. The number of hydrogen-bond acceptors (Lipinski definition) is 1. The van der Waals surface area contributed by atoms with Crippen LogP contribution < -0.4 is 4.57 Å². The number of aromatic nitrogens is 3. The zero-order valence-electron chi connectivity index (χ0n) is 11.7. The summed E-state index contributed by atoms with van der Waals surface area (Å²) < 4.78 is 4.61. The first-order valence-corrected chi connectivity index (χ1v) is 7.24. The van der Waals surface area contributed by atoms with Crippen molar-refractivity contribution in [1.82, 2.24) is 9.55 Å². The summed E-state index contributed by atoms with van der Waals surface area (Å²) in [4.78, 5) is 4.88. The van der Waals surface area contributed by atoms with Crippen LogP contribution in [0.3, 0.4) is 0 Å². The van der Waals surface area contributed by atoms with Gasteiger partial charge >= 0.3 is 0 Å². The van der Waals surface area contributed by atoms with Crippen LogP contribution in [0.25, 0.3) is 33.3 Å². The van der Waals surface area contributed by atoms with Gasteiger partial charge < -0.3 is 0 Å². The second-order valence-electron chi connectivity index (χ2n) is 5.62. The Kier molecular flexibility index (Phi) is 1.94. The molecule has 100 valence electrons. The Hall–Kier alpha value is -2.68. The van der Waals surface area contributed by atoms with E-state index in [0.717, 1.165) is 11.3 Å². The number of benzene rings is 2. The molecule has 2 aromatic carbocycles. The van der Waals surface area contributed by atoms with Crippen LogP contribution in [0.1, 0.15) is 13.1 Å². The second-order valence-corrected chi connectivity index (χ2v) is 5.62. The van der Waals surface area contributed by atoms with Crippen molar-refractivity contribution in [2.75, 3.05) is 0 Å². The van der Waals surface area contributed by atoms with E-state index in [1.807, 2.05) is 0 Å². The Morgan fingerprint density at radius 1 is 1.00 bits per heavy atom. The molecule has 1 aliphatic heterocycles. The summed E-state index contributed by atoms with van der Waals surface area (Å²) in [6, 6.07) is 19.2. The van der Waals surface area contributed by atoms with E-state index in [1.165, 1.54) is 22.0 Å². The van der Waals surface area contributed by atoms with E-state index in [0.29, 0.717) is 0 Å². The molecular formula is C18H14N3+. The Bertz CT molecular complexity index is 1010. The summed E-state index contributed by atoms with van der Waals surface area (Å²) >= 11 is 0. The molecule has 0 bridgehead atoms. The fourth-order valence-corrected chi connectivity index (χ4v) is 3.44. The number of hydrogen-bond donors (Lipinski definition) is 0. The van der Waals surface area contributed by atoms with Gasteiger partial charge in [0.1, 0.15) is 0 Å². The highest BCUT2D eigenvalue weighted by Crippen LogP contribution is 2.33. The number of pyridine rings is 1. The van der Waals surface area contributed by atoms with Gasteiger partial charge in [0.15, 0.2) is 6.20 Å². The Morgan fingerprint density at radius 3 is 2.62 bits per heavy atom. The number of imidazole rings is 1. The van der Waals surface area contributed by atoms with Crippen molar-refractivity contribution in [2.24, 2.45) is 0 Å². The lowest BCUT2D eigenvalue weighted by molar-refractivity contribution is -0.705. The van der Waals surface area contributed by atoms with Gasteiger partial charge in [-0.2, -0.15) is 4.57 Å². The molecule has 1 atom stereocenters. The van der Waals surface area contributed by atoms with Crippen LogP contribution in [0.15, 0.2) is 60.8 Å². The average molecular weight is 272 g/mol. The first-order valence-electron chi connectivity index (χ1n) is 7.24. The van der Waals surface area contributed by atoms with Crippen LogP contribution in [0.2, 0.25) is 0 Å². The molecule has 4 aromatic rings. The van der Waals surface area contributed by atoms with Crippen LogP contribution in [-0.2, 0) is 0 Å². The molecule has 1 unspecified atom stereocenters. The molecule has 3 nitrogen and oxygen atoms in total. The van der Waals surface area contributed by atoms with Crippen molar-refractivity contribution in [3.05, 3.63) is 60.8 Å². The van der Waals surface area contributed by atoms with Gasteiger partial charge in [-0.15, -0.1) is 0 Å². The average Bonchev–Trinajstić information content (AvgIpc) is 3.02. The van der Waals surface area contributed by atoms with Gasteiger partial charge in [0.05, 0.1) is 11.0 Å². The quantitative estimate of drug-likeness (QED) is 0.449. The van der Waals surface area contributed by atoms with Crippen molar-refractivity contribution in [3.8, 4) is 11.5 Å². The molecule has 0 radical (unpaired) electrons. The minimum atomic E-state index is 0.266. The predicted octanol–water partition coefficient (Wildman–Crippen LogP) is 3.52. The maximum absolute atomic E-state index is 4.88. The van der Waals surface area contributed by atoms with Crippen LogP contribution >= 0.6 is 0 Å². The Balaban J connectivity index is 1.92. The van der Waals surface area contributed by atoms with Crippen LogP contribution in [0.4, 0.5) is 0 Å². The van der Waals surface area contributed by atoms with E-state index in [2.05, 4.69) is 76.9 Å². The van der Waals surface area contributed by atoms with Gasteiger partial charge in [-0.05, 0) is 29.0 Å². The summed E-state index contributed by atoms with van der Waals surface area (Å²) in [5.41, 5.74) is 3.47. The van der Waals surface area contributed by atoms with Gasteiger partial charge in [-0.1, -0.05) is 24.3 Å². The molecule has 2 aromatic heterocycles. The first kappa shape index (κ1) is 11.0. The van der Waals surface area contributed by atoms with Gasteiger partial charge in [0, 0.05) is 19.1 Å². The lowest BCUT2D eigenvalue weighted by Crippen LogP contribution is -2.37. The molecule has 0 aliphatic carbocycles. The first-order chi connectivity index (χ1) is 10.3. The van der Waals surface area contributed by atoms with Crippen LogP contribution in [0.5, 0.6) is 0 Å². The van der Waals surface area contributed by atoms with Gasteiger partial charge in [-0.3, -0.25) is 4.57 Å². The molecule has 21 heavy (non-hydrogen) atoms. The minimum absolute atomic E-state index is 0.266. The molecule has 5 rings (SSSR count). The molecule has 0 spiro atoms. The molecule has 0 amide bonds. The SMILES string of the molecule is CC1n2c(nc3cc4ccccc4cc32)-c2cccc[n+]21. The summed E-state index contributed by atoms with van der Waals surface area (Å²) in [5, 5.41) is 2.51. The largest absolute Gasteiger partial charge is 0.259 e. The van der Waals surface area contributed by atoms with Crippen molar-refractivity contribution < 1.29 is 4.57 Å². The smallest absolute Gasteiger partial charge is 0.250 e. The van der Waals surface area contributed by atoms with E-state index in [9.17, 15) is 0 Å². The topological polar surface area (TPSA) is 21.7 Å². The molecule has 0 saturated heterocycles. The van der Waals surface area contributed by atoms with Gasteiger partial charge in [-0.25, -0.2) is 4.98 Å². The molecular weight excluding hydrogens is 258 g/mol. The van der Waals surface area contributed by atoms with Crippen molar-refractivity contribution in [3.63, 3.8) is 0 Å². The Labute approximate surface area is 122 Å². The zero-order valence-corrected chi connectivity index (χ0v) is 11.7. The third-order valence-electron chi connectivity index (χ3n) is 4.45. The number of nitrogens with zero attached hydrogens (tertiary/aromatic N) is 3. The summed E-state index contributed by atoms with van der Waals surface area (Å²) in [6.07, 6.45) is 2.39. The predicted molar refractivity (Wildman–Crippen MR) is 83.0 cm³/mol. The van der Waals surface area contributed by atoms with Crippen molar-refractivity contribution in [1.29, 1.82) is 0 Å². The standard InChI is InChI=1S/C18H14N3/c1-12-20-9-5-4-8-16(20)18-19-15-10-13-6-2-3-7-14(13)11-17(15)21(12)18/h2-12H,1H3/q+1. The summed E-state index contributed by atoms with van der Waals surface area (Å²) in [6.45, 7) is 2.22. The summed E-state index contributed by atoms with van der Waals surface area (Å²) in [5.74, 6) is 1.06. The molecule has 0 N–H and O–H groups in total. The molecule has 0 fully saturated rings. The highest BCUT2D eigenvalue weighted by Gasteiger charge is 2.35. The highest BCUT2D eigenvalue weighted by atomic mass is 15.3. The number of rotatable bonds is 0. The normalized spacial score (nSPS) is 16.3. The third kappa shape index (κ3) is 1.33. The third-order valence-corrected chi connectivity index (χ3v) is 4.45. The van der Waals surface area contributed by atoms with E-state index < -0.39 is 0 Å². The molecule has 1 aliphatic rings. The summed E-state index contributed by atoms with van der Waals surface area (Å²) in [7, 11) is 0. The Morgan fingerprint density at radius 2 is 1.76 bits per heavy atom. The van der Waals surface area contributed by atoms with E-state index in [1.54, 1.807) is 0 Å².